The molecule has 3 aromatic carbocycles. The summed E-state index contributed by atoms with van der Waals surface area (Å²) in [7, 11) is -3.84. The molecule has 0 aliphatic carbocycles. The summed E-state index contributed by atoms with van der Waals surface area (Å²) in [5.74, 6) is -0.342. The smallest absolute Gasteiger partial charge is 0.261 e. The lowest BCUT2D eigenvalue weighted by molar-refractivity contribution is 0.0955. The SMILES string of the molecule is O=C(NCCc1ccccc1)c1ccccc1NS(=O)(=O)c1ccc(Cl)cc1. The van der Waals surface area contributed by atoms with Crippen molar-refractivity contribution in [1.29, 1.82) is 0 Å². The van der Waals surface area contributed by atoms with Crippen LogP contribution < -0.4 is 10.0 Å². The maximum atomic E-state index is 12.6. The predicted octanol–water partition coefficient (Wildman–Crippen LogP) is 4.11. The molecule has 3 aromatic rings. The summed E-state index contributed by atoms with van der Waals surface area (Å²) in [6.45, 7) is 0.446. The molecule has 0 saturated carbocycles. The summed E-state index contributed by atoms with van der Waals surface area (Å²) in [5, 5.41) is 3.27. The molecule has 0 heterocycles. The van der Waals surface area contributed by atoms with Crippen LogP contribution in [-0.4, -0.2) is 20.9 Å². The van der Waals surface area contributed by atoms with E-state index >= 15 is 0 Å². The number of benzene rings is 3. The third kappa shape index (κ3) is 5.12. The van der Waals surface area contributed by atoms with Crippen molar-refractivity contribution in [2.45, 2.75) is 11.3 Å². The van der Waals surface area contributed by atoms with E-state index in [-0.39, 0.29) is 22.1 Å². The van der Waals surface area contributed by atoms with Crippen LogP contribution in [0, 0.1) is 0 Å². The quantitative estimate of drug-likeness (QED) is 0.610. The number of rotatable bonds is 7. The van der Waals surface area contributed by atoms with Crippen molar-refractivity contribution < 1.29 is 13.2 Å². The van der Waals surface area contributed by atoms with E-state index in [0.717, 1.165) is 5.56 Å². The van der Waals surface area contributed by atoms with Gasteiger partial charge in [-0.25, -0.2) is 8.42 Å². The van der Waals surface area contributed by atoms with Crippen LogP contribution in [0.1, 0.15) is 15.9 Å². The van der Waals surface area contributed by atoms with E-state index in [1.807, 2.05) is 30.3 Å². The highest BCUT2D eigenvalue weighted by atomic mass is 35.5. The third-order valence-corrected chi connectivity index (χ3v) is 5.72. The molecule has 0 aromatic heterocycles. The second-order valence-corrected chi connectivity index (χ2v) is 8.22. The van der Waals surface area contributed by atoms with E-state index in [0.29, 0.717) is 18.0 Å². The van der Waals surface area contributed by atoms with Crippen LogP contribution in [0.4, 0.5) is 5.69 Å². The van der Waals surface area contributed by atoms with Gasteiger partial charge < -0.3 is 5.32 Å². The van der Waals surface area contributed by atoms with Crippen molar-refractivity contribution in [2.24, 2.45) is 0 Å². The molecule has 0 aliphatic rings. The van der Waals surface area contributed by atoms with Gasteiger partial charge in [0.25, 0.3) is 15.9 Å². The lowest BCUT2D eigenvalue weighted by Crippen LogP contribution is -2.27. The van der Waals surface area contributed by atoms with Crippen molar-refractivity contribution in [2.75, 3.05) is 11.3 Å². The Balaban J connectivity index is 1.71. The van der Waals surface area contributed by atoms with Gasteiger partial charge >= 0.3 is 0 Å². The molecule has 0 aliphatic heterocycles. The summed E-state index contributed by atoms with van der Waals surface area (Å²) in [4.78, 5) is 12.6. The topological polar surface area (TPSA) is 75.3 Å². The highest BCUT2D eigenvalue weighted by Crippen LogP contribution is 2.21. The van der Waals surface area contributed by atoms with Gasteiger partial charge in [0.2, 0.25) is 0 Å². The van der Waals surface area contributed by atoms with Crippen LogP contribution in [0.15, 0.2) is 83.8 Å². The van der Waals surface area contributed by atoms with Gasteiger partial charge in [0.1, 0.15) is 0 Å². The zero-order valence-electron chi connectivity index (χ0n) is 14.9. The molecule has 0 bridgehead atoms. The number of nitrogens with one attached hydrogen (secondary N) is 2. The molecule has 0 saturated heterocycles. The number of para-hydroxylation sites is 1. The molecule has 3 rings (SSSR count). The maximum Gasteiger partial charge on any atom is 0.261 e. The minimum atomic E-state index is -3.84. The minimum Gasteiger partial charge on any atom is -0.352 e. The van der Waals surface area contributed by atoms with Crippen molar-refractivity contribution in [1.82, 2.24) is 5.32 Å². The number of sulfonamides is 1. The van der Waals surface area contributed by atoms with Gasteiger partial charge in [-0.15, -0.1) is 0 Å². The highest BCUT2D eigenvalue weighted by molar-refractivity contribution is 7.92. The molecule has 1 amide bonds. The second kappa shape index (κ2) is 8.91. The number of anilines is 1. The fourth-order valence-corrected chi connectivity index (χ4v) is 3.85. The third-order valence-electron chi connectivity index (χ3n) is 4.08. The summed E-state index contributed by atoms with van der Waals surface area (Å²) < 4.78 is 27.7. The molecule has 28 heavy (non-hydrogen) atoms. The summed E-state index contributed by atoms with van der Waals surface area (Å²) >= 11 is 5.81. The second-order valence-electron chi connectivity index (χ2n) is 6.10. The average Bonchev–Trinajstić information content (AvgIpc) is 2.69. The van der Waals surface area contributed by atoms with E-state index in [2.05, 4.69) is 10.0 Å². The van der Waals surface area contributed by atoms with Crippen LogP contribution in [0.3, 0.4) is 0 Å². The summed E-state index contributed by atoms with van der Waals surface area (Å²) in [6.07, 6.45) is 0.686. The molecule has 5 nitrogen and oxygen atoms in total. The normalized spacial score (nSPS) is 11.0. The summed E-state index contributed by atoms with van der Waals surface area (Å²) in [5.41, 5.74) is 1.59. The molecular weight excluding hydrogens is 396 g/mol. The van der Waals surface area contributed by atoms with Crippen molar-refractivity contribution in [3.05, 3.63) is 95.0 Å². The molecular formula is C21H19ClN2O3S. The van der Waals surface area contributed by atoms with E-state index in [1.54, 1.807) is 24.3 Å². The molecule has 7 heteroatoms. The van der Waals surface area contributed by atoms with Gasteiger partial charge in [-0.2, -0.15) is 0 Å². The average molecular weight is 415 g/mol. The van der Waals surface area contributed by atoms with Crippen LogP contribution in [0.25, 0.3) is 0 Å². The standard InChI is InChI=1S/C21H19ClN2O3S/c22-17-10-12-18(13-11-17)28(26,27)24-20-9-5-4-8-19(20)21(25)23-15-14-16-6-2-1-3-7-16/h1-13,24H,14-15H2,(H,23,25). The van der Waals surface area contributed by atoms with Gasteiger partial charge in [-0.1, -0.05) is 54.1 Å². The van der Waals surface area contributed by atoms with Crippen LogP contribution in [0.2, 0.25) is 5.02 Å². The molecule has 0 atom stereocenters. The fourth-order valence-electron chi connectivity index (χ4n) is 2.65. The van der Waals surface area contributed by atoms with Gasteiger partial charge in [0.05, 0.1) is 16.1 Å². The van der Waals surface area contributed by atoms with E-state index < -0.39 is 10.0 Å². The maximum absolute atomic E-state index is 12.6. The van der Waals surface area contributed by atoms with Gasteiger partial charge in [0.15, 0.2) is 0 Å². The summed E-state index contributed by atoms with van der Waals surface area (Å²) in [6, 6.07) is 22.1. The predicted molar refractivity (Wildman–Crippen MR) is 111 cm³/mol. The Hall–Kier alpha value is -2.83. The Labute approximate surface area is 169 Å². The minimum absolute atomic E-state index is 0.0659. The monoisotopic (exact) mass is 414 g/mol. The Morgan fingerprint density at radius 2 is 1.50 bits per heavy atom. The number of carbonyl (C=O) groups excluding carboxylic acids is 1. The molecule has 0 unspecified atom stereocenters. The van der Waals surface area contributed by atoms with Gasteiger partial charge in [0, 0.05) is 11.6 Å². The molecule has 2 N–H and O–H groups in total. The Morgan fingerprint density at radius 3 is 2.21 bits per heavy atom. The first-order chi connectivity index (χ1) is 13.5. The highest BCUT2D eigenvalue weighted by Gasteiger charge is 2.18. The van der Waals surface area contributed by atoms with Crippen LogP contribution in [-0.2, 0) is 16.4 Å². The van der Waals surface area contributed by atoms with E-state index in [1.165, 1.54) is 24.3 Å². The van der Waals surface area contributed by atoms with Crippen LogP contribution >= 0.6 is 11.6 Å². The number of halogens is 1. The van der Waals surface area contributed by atoms with Crippen molar-refractivity contribution >= 4 is 33.2 Å². The number of hydrogen-bond donors (Lipinski definition) is 2. The Bertz CT molecular complexity index is 1050. The zero-order chi connectivity index (χ0) is 20.0. The molecule has 0 radical (unpaired) electrons. The van der Waals surface area contributed by atoms with E-state index in [9.17, 15) is 13.2 Å². The number of hydrogen-bond acceptors (Lipinski definition) is 3. The first kappa shape index (κ1) is 19.9. The van der Waals surface area contributed by atoms with Crippen molar-refractivity contribution in [3.8, 4) is 0 Å². The number of carbonyl (C=O) groups is 1. The largest absolute Gasteiger partial charge is 0.352 e. The Morgan fingerprint density at radius 1 is 0.857 bits per heavy atom. The lowest BCUT2D eigenvalue weighted by Gasteiger charge is -2.13. The van der Waals surface area contributed by atoms with Gasteiger partial charge in [-0.05, 0) is 48.4 Å². The zero-order valence-corrected chi connectivity index (χ0v) is 16.5. The fraction of sp³-hybridized carbons (Fsp3) is 0.0952. The first-order valence-electron chi connectivity index (χ1n) is 8.65. The Kier molecular flexibility index (Phi) is 6.34. The lowest BCUT2D eigenvalue weighted by atomic mass is 10.1. The first-order valence-corrected chi connectivity index (χ1v) is 10.5. The molecule has 144 valence electrons. The van der Waals surface area contributed by atoms with Crippen molar-refractivity contribution in [3.63, 3.8) is 0 Å². The molecule has 0 spiro atoms. The molecule has 0 fully saturated rings. The number of amides is 1. The van der Waals surface area contributed by atoms with Crippen LogP contribution in [0.5, 0.6) is 0 Å². The van der Waals surface area contributed by atoms with Gasteiger partial charge in [-0.3, -0.25) is 9.52 Å². The van der Waals surface area contributed by atoms with E-state index in [4.69, 9.17) is 11.6 Å².